The number of hydrogen-bond donors (Lipinski definition) is 0. The number of para-hydroxylation sites is 1. The highest BCUT2D eigenvalue weighted by atomic mass is 32.2. The summed E-state index contributed by atoms with van der Waals surface area (Å²) in [5.41, 5.74) is 1.13. The van der Waals surface area contributed by atoms with Gasteiger partial charge in [0.1, 0.15) is 11.1 Å². The van der Waals surface area contributed by atoms with Crippen LogP contribution in [0.3, 0.4) is 0 Å². The van der Waals surface area contributed by atoms with Crippen molar-refractivity contribution in [2.45, 2.75) is 31.6 Å². The Hall–Kier alpha value is -1.20. The zero-order chi connectivity index (χ0) is 16.1. The van der Waals surface area contributed by atoms with Crippen molar-refractivity contribution < 1.29 is 9.53 Å². The molecule has 5 heteroatoms. The van der Waals surface area contributed by atoms with E-state index in [-0.39, 0.29) is 11.3 Å². The second kappa shape index (κ2) is 8.06. The number of hydrogen-bond acceptors (Lipinski definition) is 4. The van der Waals surface area contributed by atoms with Gasteiger partial charge in [-0.05, 0) is 51.9 Å². The topological polar surface area (TPSA) is 32.8 Å². The smallest absolute Gasteiger partial charge is 0.233 e. The van der Waals surface area contributed by atoms with Crippen LogP contribution in [0, 0.1) is 0 Å². The molecule has 0 aromatic heterocycles. The number of likely N-dealkylation sites (tertiary alicyclic amines) is 1. The van der Waals surface area contributed by atoms with Gasteiger partial charge in [0.25, 0.3) is 0 Å². The second-order valence-corrected chi connectivity index (χ2v) is 7.19. The third-order valence-corrected chi connectivity index (χ3v) is 5.76. The second-order valence-electron chi connectivity index (χ2n) is 6.12. The quantitative estimate of drug-likeness (QED) is 0.767. The molecule has 2 fully saturated rings. The summed E-state index contributed by atoms with van der Waals surface area (Å²) in [4.78, 5) is 16.9. The van der Waals surface area contributed by atoms with Gasteiger partial charge in [0.2, 0.25) is 5.91 Å². The first kappa shape index (κ1) is 16.7. The van der Waals surface area contributed by atoms with Crippen molar-refractivity contribution in [2.75, 3.05) is 38.5 Å². The van der Waals surface area contributed by atoms with Crippen LogP contribution >= 0.6 is 11.8 Å². The number of rotatable bonds is 7. The minimum atomic E-state index is 0.101. The normalized spacial score (nSPS) is 22.0. The van der Waals surface area contributed by atoms with Crippen LogP contribution < -0.4 is 4.74 Å². The van der Waals surface area contributed by atoms with E-state index < -0.39 is 0 Å². The van der Waals surface area contributed by atoms with E-state index >= 15 is 0 Å². The van der Waals surface area contributed by atoms with Gasteiger partial charge in [-0.25, -0.2) is 0 Å². The third kappa shape index (κ3) is 4.01. The minimum absolute atomic E-state index is 0.101. The number of carbonyl (C=O) groups is 1. The number of nitrogens with zero attached hydrogens (tertiary/aromatic N) is 2. The summed E-state index contributed by atoms with van der Waals surface area (Å²) in [6.45, 7) is 7.04. The first-order valence-electron chi connectivity index (χ1n) is 8.64. The Labute approximate surface area is 143 Å². The SMILES string of the molecule is CCOc1ccccc1C1SCC(=O)N1CCCN1CCCC1. The highest BCUT2D eigenvalue weighted by Gasteiger charge is 2.34. The molecule has 1 atom stereocenters. The van der Waals surface area contributed by atoms with Gasteiger partial charge in [0.15, 0.2) is 0 Å². The highest BCUT2D eigenvalue weighted by Crippen LogP contribution is 2.42. The molecule has 1 unspecified atom stereocenters. The summed E-state index contributed by atoms with van der Waals surface area (Å²) in [7, 11) is 0. The van der Waals surface area contributed by atoms with Crippen LogP contribution in [-0.2, 0) is 4.79 Å². The molecule has 126 valence electrons. The monoisotopic (exact) mass is 334 g/mol. The lowest BCUT2D eigenvalue weighted by atomic mass is 10.1. The standard InChI is InChI=1S/C18H26N2O2S/c1-2-22-16-9-4-3-8-15(16)18-20(17(21)14-23-18)13-7-12-19-10-5-6-11-19/h3-4,8-9,18H,2,5-7,10-14H2,1H3. The van der Waals surface area contributed by atoms with Gasteiger partial charge in [0, 0.05) is 12.1 Å². The summed E-state index contributed by atoms with van der Waals surface area (Å²) in [6.07, 6.45) is 3.70. The fourth-order valence-corrected chi connectivity index (χ4v) is 4.64. The molecular formula is C18H26N2O2S. The van der Waals surface area contributed by atoms with Crippen molar-refractivity contribution in [1.82, 2.24) is 9.80 Å². The fourth-order valence-electron chi connectivity index (χ4n) is 3.40. The Kier molecular flexibility index (Phi) is 5.84. The predicted octanol–water partition coefficient (Wildman–Crippen LogP) is 3.15. The molecule has 0 saturated carbocycles. The summed E-state index contributed by atoms with van der Waals surface area (Å²) >= 11 is 1.72. The average molecular weight is 334 g/mol. The number of ether oxygens (including phenoxy) is 1. The summed E-state index contributed by atoms with van der Waals surface area (Å²) in [5.74, 6) is 1.74. The predicted molar refractivity (Wildman–Crippen MR) is 94.8 cm³/mol. The molecule has 1 aromatic carbocycles. The zero-order valence-electron chi connectivity index (χ0n) is 13.9. The minimum Gasteiger partial charge on any atom is -0.493 e. The highest BCUT2D eigenvalue weighted by molar-refractivity contribution is 8.00. The summed E-state index contributed by atoms with van der Waals surface area (Å²) < 4.78 is 5.76. The lowest BCUT2D eigenvalue weighted by molar-refractivity contribution is -0.128. The Morgan fingerprint density at radius 2 is 2.00 bits per heavy atom. The van der Waals surface area contributed by atoms with Gasteiger partial charge in [0.05, 0.1) is 12.4 Å². The van der Waals surface area contributed by atoms with Crippen molar-refractivity contribution in [3.63, 3.8) is 0 Å². The number of benzene rings is 1. The van der Waals surface area contributed by atoms with Crippen LogP contribution in [-0.4, -0.2) is 54.2 Å². The third-order valence-electron chi connectivity index (χ3n) is 4.53. The number of carbonyl (C=O) groups excluding carboxylic acids is 1. The van der Waals surface area contributed by atoms with Gasteiger partial charge >= 0.3 is 0 Å². The molecule has 4 nitrogen and oxygen atoms in total. The molecule has 23 heavy (non-hydrogen) atoms. The number of thioether (sulfide) groups is 1. The van der Waals surface area contributed by atoms with E-state index in [1.807, 2.05) is 30.0 Å². The Morgan fingerprint density at radius 1 is 1.22 bits per heavy atom. The van der Waals surface area contributed by atoms with E-state index in [9.17, 15) is 4.79 Å². The Morgan fingerprint density at radius 3 is 2.78 bits per heavy atom. The van der Waals surface area contributed by atoms with Gasteiger partial charge < -0.3 is 14.5 Å². The van der Waals surface area contributed by atoms with E-state index in [2.05, 4.69) is 11.0 Å². The maximum Gasteiger partial charge on any atom is 0.233 e. The first-order valence-corrected chi connectivity index (χ1v) is 9.69. The first-order chi connectivity index (χ1) is 11.3. The van der Waals surface area contributed by atoms with Gasteiger partial charge in [-0.2, -0.15) is 0 Å². The lowest BCUT2D eigenvalue weighted by Gasteiger charge is -2.26. The molecule has 0 radical (unpaired) electrons. The molecule has 0 N–H and O–H groups in total. The molecule has 2 aliphatic rings. The molecule has 3 rings (SSSR count). The maximum absolute atomic E-state index is 12.3. The maximum atomic E-state index is 12.3. The largest absolute Gasteiger partial charge is 0.493 e. The Balaban J connectivity index is 1.64. The molecule has 1 aromatic rings. The molecule has 2 heterocycles. The van der Waals surface area contributed by atoms with E-state index in [1.54, 1.807) is 11.8 Å². The van der Waals surface area contributed by atoms with Crippen LogP contribution in [0.5, 0.6) is 5.75 Å². The van der Waals surface area contributed by atoms with Crippen molar-refractivity contribution in [2.24, 2.45) is 0 Å². The van der Waals surface area contributed by atoms with Gasteiger partial charge in [-0.15, -0.1) is 11.8 Å². The molecule has 0 spiro atoms. The molecule has 0 bridgehead atoms. The van der Waals surface area contributed by atoms with Crippen LogP contribution in [0.1, 0.15) is 37.1 Å². The Bertz CT molecular complexity index is 532. The summed E-state index contributed by atoms with van der Waals surface area (Å²) in [5, 5.41) is 0.101. The van der Waals surface area contributed by atoms with Crippen molar-refractivity contribution in [1.29, 1.82) is 0 Å². The van der Waals surface area contributed by atoms with Gasteiger partial charge in [-0.3, -0.25) is 4.79 Å². The van der Waals surface area contributed by atoms with Crippen LogP contribution in [0.4, 0.5) is 0 Å². The molecule has 1 amide bonds. The lowest BCUT2D eigenvalue weighted by Crippen LogP contribution is -2.32. The fraction of sp³-hybridized carbons (Fsp3) is 0.611. The van der Waals surface area contributed by atoms with Crippen LogP contribution in [0.15, 0.2) is 24.3 Å². The zero-order valence-corrected chi connectivity index (χ0v) is 14.7. The molecule has 2 aliphatic heterocycles. The van der Waals surface area contributed by atoms with E-state index in [4.69, 9.17) is 4.74 Å². The molecule has 0 aliphatic carbocycles. The average Bonchev–Trinajstić information content (AvgIpc) is 3.19. The van der Waals surface area contributed by atoms with Crippen molar-refractivity contribution in [3.8, 4) is 5.75 Å². The molecular weight excluding hydrogens is 308 g/mol. The molecule has 2 saturated heterocycles. The van der Waals surface area contributed by atoms with Crippen molar-refractivity contribution in [3.05, 3.63) is 29.8 Å². The van der Waals surface area contributed by atoms with E-state index in [1.165, 1.54) is 25.9 Å². The van der Waals surface area contributed by atoms with E-state index in [0.717, 1.165) is 30.8 Å². The number of amides is 1. The van der Waals surface area contributed by atoms with Crippen LogP contribution in [0.2, 0.25) is 0 Å². The summed E-state index contributed by atoms with van der Waals surface area (Å²) in [6, 6.07) is 8.12. The van der Waals surface area contributed by atoms with Gasteiger partial charge in [-0.1, -0.05) is 18.2 Å². The van der Waals surface area contributed by atoms with Crippen molar-refractivity contribution >= 4 is 17.7 Å². The van der Waals surface area contributed by atoms with E-state index in [0.29, 0.717) is 12.4 Å². The van der Waals surface area contributed by atoms with Crippen LogP contribution in [0.25, 0.3) is 0 Å².